The number of nitrogens with one attached hydrogen (secondary N) is 1. The minimum atomic E-state index is 0.380. The summed E-state index contributed by atoms with van der Waals surface area (Å²) >= 11 is 0. The molecule has 0 spiro atoms. The van der Waals surface area contributed by atoms with Crippen molar-refractivity contribution < 1.29 is 4.74 Å². The van der Waals surface area contributed by atoms with Crippen LogP contribution in [-0.2, 0) is 4.74 Å². The van der Waals surface area contributed by atoms with E-state index in [1.54, 1.807) is 0 Å². The van der Waals surface area contributed by atoms with Crippen LogP contribution in [0.15, 0.2) is 0 Å². The summed E-state index contributed by atoms with van der Waals surface area (Å²) in [7, 11) is 2.04. The minimum Gasteiger partial charge on any atom is -0.376 e. The Labute approximate surface area is 75.7 Å². The van der Waals surface area contributed by atoms with Gasteiger partial charge in [-0.15, -0.1) is 0 Å². The summed E-state index contributed by atoms with van der Waals surface area (Å²) in [5, 5.41) is 3.33. The lowest BCUT2D eigenvalue weighted by molar-refractivity contribution is -0.0179. The summed E-state index contributed by atoms with van der Waals surface area (Å²) in [6.45, 7) is 4.23. The highest BCUT2D eigenvalue weighted by Crippen LogP contribution is 2.21. The Morgan fingerprint density at radius 3 is 2.67 bits per heavy atom. The predicted octanol–water partition coefficient (Wildman–Crippen LogP) is 1.94. The maximum Gasteiger partial charge on any atom is 0.0593 e. The van der Waals surface area contributed by atoms with Crippen molar-refractivity contribution in [3.63, 3.8) is 0 Å². The molecular formula is C10H21NO. The molecule has 0 aromatic carbocycles. The average Bonchev–Trinajstić information content (AvgIpc) is 2.03. The highest BCUT2D eigenvalue weighted by molar-refractivity contribution is 4.77. The van der Waals surface area contributed by atoms with Crippen LogP contribution < -0.4 is 5.32 Å². The molecule has 1 fully saturated rings. The molecule has 72 valence electrons. The molecule has 0 aromatic heterocycles. The van der Waals surface area contributed by atoms with Crippen LogP contribution in [0.25, 0.3) is 0 Å². The molecule has 0 heterocycles. The molecule has 0 aromatic rings. The Hall–Kier alpha value is -0.0800. The molecular weight excluding hydrogens is 150 g/mol. The first-order valence-corrected chi connectivity index (χ1v) is 5.05. The van der Waals surface area contributed by atoms with Gasteiger partial charge in [0.1, 0.15) is 0 Å². The Kier molecular flexibility index (Phi) is 4.02. The zero-order valence-corrected chi connectivity index (χ0v) is 8.47. The predicted molar refractivity (Wildman–Crippen MR) is 51.3 cm³/mol. The molecule has 12 heavy (non-hydrogen) atoms. The lowest BCUT2D eigenvalue weighted by Crippen LogP contribution is -2.35. The highest BCUT2D eigenvalue weighted by atomic mass is 16.5. The van der Waals surface area contributed by atoms with Crippen LogP contribution in [0, 0.1) is 0 Å². The Morgan fingerprint density at radius 2 is 2.08 bits per heavy atom. The Morgan fingerprint density at radius 1 is 1.33 bits per heavy atom. The molecule has 1 aliphatic rings. The Balaban J connectivity index is 2.25. The average molecular weight is 171 g/mol. The van der Waals surface area contributed by atoms with Crippen LogP contribution in [-0.4, -0.2) is 25.3 Å². The first-order chi connectivity index (χ1) is 5.72. The molecule has 0 saturated heterocycles. The van der Waals surface area contributed by atoms with Crippen molar-refractivity contribution in [1.29, 1.82) is 0 Å². The summed E-state index contributed by atoms with van der Waals surface area (Å²) in [6, 6.07) is 0.683. The fraction of sp³-hybridized carbons (Fsp3) is 1.00. The van der Waals surface area contributed by atoms with E-state index in [0.29, 0.717) is 18.2 Å². The maximum atomic E-state index is 5.78. The molecule has 0 radical (unpaired) electrons. The lowest BCUT2D eigenvalue weighted by atomic mass is 9.93. The minimum absolute atomic E-state index is 0.380. The maximum absolute atomic E-state index is 5.78. The Bertz CT molecular complexity index is 125. The van der Waals surface area contributed by atoms with Gasteiger partial charge in [0.25, 0.3) is 0 Å². The largest absolute Gasteiger partial charge is 0.376 e. The van der Waals surface area contributed by atoms with E-state index in [4.69, 9.17) is 4.74 Å². The number of hydrogen-bond acceptors (Lipinski definition) is 2. The van der Waals surface area contributed by atoms with Crippen LogP contribution in [0.1, 0.15) is 39.5 Å². The van der Waals surface area contributed by atoms with Crippen molar-refractivity contribution in [3.05, 3.63) is 0 Å². The van der Waals surface area contributed by atoms with E-state index >= 15 is 0 Å². The molecule has 1 aliphatic carbocycles. The van der Waals surface area contributed by atoms with E-state index in [-0.39, 0.29) is 0 Å². The number of rotatable bonds is 3. The van der Waals surface area contributed by atoms with Crippen molar-refractivity contribution in [2.45, 2.75) is 57.8 Å². The third kappa shape index (κ3) is 3.11. The van der Waals surface area contributed by atoms with E-state index in [2.05, 4.69) is 19.2 Å². The molecule has 1 rings (SSSR count). The quantitative estimate of drug-likeness (QED) is 0.700. The SMILES string of the molecule is CN[C@H]1CCCC(OC(C)C)C1. The first kappa shape index (κ1) is 10.0. The molecule has 2 atom stereocenters. The number of ether oxygens (including phenoxy) is 1. The van der Waals surface area contributed by atoms with E-state index in [1.807, 2.05) is 7.05 Å². The smallest absolute Gasteiger partial charge is 0.0593 e. The van der Waals surface area contributed by atoms with Gasteiger partial charge in [-0.2, -0.15) is 0 Å². The lowest BCUT2D eigenvalue weighted by Gasteiger charge is -2.30. The van der Waals surface area contributed by atoms with E-state index in [0.717, 1.165) is 0 Å². The van der Waals surface area contributed by atoms with E-state index in [1.165, 1.54) is 25.7 Å². The summed E-state index contributed by atoms with van der Waals surface area (Å²) < 4.78 is 5.78. The first-order valence-electron chi connectivity index (χ1n) is 5.05. The van der Waals surface area contributed by atoms with Gasteiger partial charge in [-0.3, -0.25) is 0 Å². The van der Waals surface area contributed by atoms with Crippen molar-refractivity contribution in [2.75, 3.05) is 7.05 Å². The van der Waals surface area contributed by atoms with Gasteiger partial charge in [-0.25, -0.2) is 0 Å². The van der Waals surface area contributed by atoms with E-state index in [9.17, 15) is 0 Å². The van der Waals surface area contributed by atoms with Crippen LogP contribution in [0.3, 0.4) is 0 Å². The number of hydrogen-bond donors (Lipinski definition) is 1. The third-order valence-corrected chi connectivity index (χ3v) is 2.50. The van der Waals surface area contributed by atoms with Crippen LogP contribution in [0.4, 0.5) is 0 Å². The normalized spacial score (nSPS) is 31.0. The van der Waals surface area contributed by atoms with Crippen molar-refractivity contribution in [3.8, 4) is 0 Å². The molecule has 1 unspecified atom stereocenters. The second kappa shape index (κ2) is 4.83. The zero-order chi connectivity index (χ0) is 8.97. The summed E-state index contributed by atoms with van der Waals surface area (Å²) in [5.41, 5.74) is 0. The summed E-state index contributed by atoms with van der Waals surface area (Å²) in [6.07, 6.45) is 5.93. The second-order valence-corrected chi connectivity index (χ2v) is 3.96. The third-order valence-electron chi connectivity index (χ3n) is 2.50. The molecule has 2 nitrogen and oxygen atoms in total. The van der Waals surface area contributed by atoms with Gasteiger partial charge in [0.15, 0.2) is 0 Å². The van der Waals surface area contributed by atoms with Gasteiger partial charge in [0, 0.05) is 6.04 Å². The van der Waals surface area contributed by atoms with Crippen LogP contribution >= 0.6 is 0 Å². The van der Waals surface area contributed by atoms with Gasteiger partial charge < -0.3 is 10.1 Å². The highest BCUT2D eigenvalue weighted by Gasteiger charge is 2.21. The molecule has 1 saturated carbocycles. The molecule has 0 aliphatic heterocycles. The second-order valence-electron chi connectivity index (χ2n) is 3.96. The summed E-state index contributed by atoms with van der Waals surface area (Å²) in [5.74, 6) is 0. The zero-order valence-electron chi connectivity index (χ0n) is 8.47. The van der Waals surface area contributed by atoms with E-state index < -0.39 is 0 Å². The molecule has 2 heteroatoms. The standard InChI is InChI=1S/C10H21NO/c1-8(2)12-10-6-4-5-9(7-10)11-3/h8-11H,4-7H2,1-3H3/t9-,10?/m0/s1. The fourth-order valence-corrected chi connectivity index (χ4v) is 1.92. The van der Waals surface area contributed by atoms with Crippen molar-refractivity contribution >= 4 is 0 Å². The van der Waals surface area contributed by atoms with Gasteiger partial charge in [-0.05, 0) is 46.6 Å². The van der Waals surface area contributed by atoms with Crippen molar-refractivity contribution in [1.82, 2.24) is 5.32 Å². The van der Waals surface area contributed by atoms with Crippen molar-refractivity contribution in [2.24, 2.45) is 0 Å². The van der Waals surface area contributed by atoms with Gasteiger partial charge in [0.2, 0.25) is 0 Å². The van der Waals surface area contributed by atoms with Gasteiger partial charge >= 0.3 is 0 Å². The van der Waals surface area contributed by atoms with Gasteiger partial charge in [-0.1, -0.05) is 0 Å². The monoisotopic (exact) mass is 171 g/mol. The van der Waals surface area contributed by atoms with Gasteiger partial charge in [0.05, 0.1) is 12.2 Å². The molecule has 0 amide bonds. The summed E-state index contributed by atoms with van der Waals surface area (Å²) in [4.78, 5) is 0. The van der Waals surface area contributed by atoms with Crippen LogP contribution in [0.5, 0.6) is 0 Å². The molecule has 0 bridgehead atoms. The molecule has 1 N–H and O–H groups in total. The topological polar surface area (TPSA) is 21.3 Å². The fourth-order valence-electron chi connectivity index (χ4n) is 1.92. The van der Waals surface area contributed by atoms with Crippen LogP contribution in [0.2, 0.25) is 0 Å².